The number of fused-ring (bicyclic) bond motifs is 4. The number of carbonyl (C=O) groups is 4. The molecule has 6 rings (SSSR count). The summed E-state index contributed by atoms with van der Waals surface area (Å²) >= 11 is 3.39. The maximum Gasteiger partial charge on any atom is 0.253 e. The van der Waals surface area contributed by atoms with Gasteiger partial charge in [-0.3, -0.25) is 24.5 Å². The summed E-state index contributed by atoms with van der Waals surface area (Å²) in [5.41, 5.74) is 1.88. The van der Waals surface area contributed by atoms with E-state index in [9.17, 15) is 19.2 Å². The molecule has 0 radical (unpaired) electrons. The molecular formula is C29H25BrN4O4. The highest BCUT2D eigenvalue weighted by Gasteiger charge is 2.71. The van der Waals surface area contributed by atoms with Gasteiger partial charge in [-0.15, -0.1) is 0 Å². The Morgan fingerprint density at radius 1 is 0.974 bits per heavy atom. The second kappa shape index (κ2) is 8.89. The number of anilines is 3. The first-order chi connectivity index (χ1) is 18.2. The largest absolute Gasteiger partial charge is 0.325 e. The number of para-hydroxylation sites is 1. The molecule has 192 valence electrons. The lowest BCUT2D eigenvalue weighted by atomic mass is 9.76. The fourth-order valence-electron chi connectivity index (χ4n) is 6.09. The Kier molecular flexibility index (Phi) is 5.73. The zero-order chi connectivity index (χ0) is 26.8. The molecule has 2 N–H and O–H groups in total. The Bertz CT molecular complexity index is 1490. The van der Waals surface area contributed by atoms with Crippen molar-refractivity contribution in [1.82, 2.24) is 5.32 Å². The van der Waals surface area contributed by atoms with E-state index in [-0.39, 0.29) is 18.4 Å². The third kappa shape index (κ3) is 3.53. The van der Waals surface area contributed by atoms with Gasteiger partial charge in [-0.25, -0.2) is 4.90 Å². The average Bonchev–Trinajstić information content (AvgIpc) is 3.44. The van der Waals surface area contributed by atoms with Crippen molar-refractivity contribution in [3.8, 4) is 0 Å². The molecule has 8 nitrogen and oxygen atoms in total. The number of imide groups is 1. The summed E-state index contributed by atoms with van der Waals surface area (Å²) in [6, 6.07) is 21.1. The van der Waals surface area contributed by atoms with E-state index in [2.05, 4.69) is 26.6 Å². The fraction of sp³-hybridized carbons (Fsp3) is 0.241. The van der Waals surface area contributed by atoms with Crippen LogP contribution in [0.1, 0.15) is 18.1 Å². The normalized spacial score (nSPS) is 25.8. The topological polar surface area (TPSA) is 98.8 Å². The number of nitrogens with zero attached hydrogens (tertiary/aromatic N) is 2. The van der Waals surface area contributed by atoms with Crippen molar-refractivity contribution in [3.63, 3.8) is 0 Å². The number of benzene rings is 3. The molecule has 3 aromatic carbocycles. The van der Waals surface area contributed by atoms with E-state index >= 15 is 0 Å². The van der Waals surface area contributed by atoms with E-state index < -0.39 is 35.2 Å². The van der Waals surface area contributed by atoms with Crippen molar-refractivity contribution in [2.45, 2.75) is 25.4 Å². The zero-order valence-corrected chi connectivity index (χ0v) is 22.4. The average molecular weight is 573 g/mol. The van der Waals surface area contributed by atoms with Crippen LogP contribution in [-0.2, 0) is 24.7 Å². The van der Waals surface area contributed by atoms with E-state index in [1.54, 1.807) is 60.7 Å². The molecule has 0 aliphatic carbocycles. The van der Waals surface area contributed by atoms with Crippen molar-refractivity contribution < 1.29 is 19.2 Å². The van der Waals surface area contributed by atoms with E-state index in [1.165, 1.54) is 9.80 Å². The minimum Gasteiger partial charge on any atom is -0.325 e. The molecule has 3 aliphatic rings. The predicted molar refractivity (Wildman–Crippen MR) is 146 cm³/mol. The van der Waals surface area contributed by atoms with Crippen molar-refractivity contribution in [2.24, 2.45) is 11.8 Å². The maximum atomic E-state index is 14.2. The van der Waals surface area contributed by atoms with Crippen LogP contribution in [0, 0.1) is 18.8 Å². The van der Waals surface area contributed by atoms with Gasteiger partial charge in [0.2, 0.25) is 17.7 Å². The maximum absolute atomic E-state index is 14.2. The number of amides is 4. The van der Waals surface area contributed by atoms with Crippen LogP contribution in [-0.4, -0.2) is 36.2 Å². The number of rotatable bonds is 4. The van der Waals surface area contributed by atoms with Crippen LogP contribution in [0.15, 0.2) is 77.3 Å². The molecule has 3 heterocycles. The van der Waals surface area contributed by atoms with E-state index in [1.807, 2.05) is 26.0 Å². The molecule has 3 aliphatic heterocycles. The Hall–Kier alpha value is -3.82. The van der Waals surface area contributed by atoms with Gasteiger partial charge in [0.15, 0.2) is 0 Å². The lowest BCUT2D eigenvalue weighted by molar-refractivity contribution is -0.132. The highest BCUT2D eigenvalue weighted by atomic mass is 79.9. The lowest BCUT2D eigenvalue weighted by Gasteiger charge is -2.30. The number of aryl methyl sites for hydroxylation is 1. The summed E-state index contributed by atoms with van der Waals surface area (Å²) in [6.45, 7) is 3.56. The van der Waals surface area contributed by atoms with Crippen molar-refractivity contribution in [3.05, 3.63) is 88.4 Å². The number of nitrogens with one attached hydrogen (secondary N) is 2. The molecule has 9 heteroatoms. The first kappa shape index (κ1) is 24.5. The number of hydrogen-bond acceptors (Lipinski definition) is 5. The van der Waals surface area contributed by atoms with Gasteiger partial charge in [0.1, 0.15) is 12.1 Å². The third-order valence-electron chi connectivity index (χ3n) is 7.74. The first-order valence-corrected chi connectivity index (χ1v) is 13.2. The molecule has 38 heavy (non-hydrogen) atoms. The van der Waals surface area contributed by atoms with Crippen LogP contribution in [0.5, 0.6) is 0 Å². The zero-order valence-electron chi connectivity index (χ0n) is 20.8. The van der Waals surface area contributed by atoms with Gasteiger partial charge in [0, 0.05) is 27.5 Å². The fourth-order valence-corrected chi connectivity index (χ4v) is 6.36. The third-order valence-corrected chi connectivity index (χ3v) is 8.26. The highest BCUT2D eigenvalue weighted by molar-refractivity contribution is 9.10. The van der Waals surface area contributed by atoms with E-state index in [0.717, 1.165) is 10.0 Å². The second-order valence-electron chi connectivity index (χ2n) is 10.1. The summed E-state index contributed by atoms with van der Waals surface area (Å²) in [6.07, 6.45) is 0. The molecule has 4 atom stereocenters. The van der Waals surface area contributed by atoms with Gasteiger partial charge in [0.05, 0.1) is 17.5 Å². The van der Waals surface area contributed by atoms with Crippen molar-refractivity contribution >= 4 is 56.6 Å². The summed E-state index contributed by atoms with van der Waals surface area (Å²) < 4.78 is 0.825. The second-order valence-corrected chi connectivity index (χ2v) is 11.0. The van der Waals surface area contributed by atoms with Gasteiger partial charge in [-0.2, -0.15) is 0 Å². The van der Waals surface area contributed by atoms with Crippen LogP contribution < -0.4 is 20.4 Å². The predicted octanol–water partition coefficient (Wildman–Crippen LogP) is 3.74. The van der Waals surface area contributed by atoms with Crippen LogP contribution in [0.25, 0.3) is 0 Å². The van der Waals surface area contributed by atoms with Gasteiger partial charge in [0.25, 0.3) is 5.91 Å². The molecule has 0 unspecified atom stereocenters. The monoisotopic (exact) mass is 572 g/mol. The minimum atomic E-state index is -1.44. The summed E-state index contributed by atoms with van der Waals surface area (Å²) in [7, 11) is 0. The molecule has 4 amide bonds. The molecule has 2 fully saturated rings. The van der Waals surface area contributed by atoms with Gasteiger partial charge >= 0.3 is 0 Å². The smallest absolute Gasteiger partial charge is 0.253 e. The first-order valence-electron chi connectivity index (χ1n) is 12.4. The summed E-state index contributed by atoms with van der Waals surface area (Å²) in [5, 5.41) is 6.18. The number of halogens is 1. The molecule has 0 saturated carbocycles. The molecule has 1 spiro atoms. The van der Waals surface area contributed by atoms with Crippen LogP contribution in [0.2, 0.25) is 0 Å². The highest BCUT2D eigenvalue weighted by Crippen LogP contribution is 2.55. The lowest BCUT2D eigenvalue weighted by Crippen LogP contribution is -2.55. The Morgan fingerprint density at radius 2 is 1.66 bits per heavy atom. The minimum absolute atomic E-state index is 0.225. The van der Waals surface area contributed by atoms with Crippen LogP contribution >= 0.6 is 15.9 Å². The van der Waals surface area contributed by atoms with Crippen molar-refractivity contribution in [2.75, 3.05) is 21.7 Å². The van der Waals surface area contributed by atoms with Crippen LogP contribution in [0.3, 0.4) is 0 Å². The van der Waals surface area contributed by atoms with E-state index in [4.69, 9.17) is 0 Å². The number of carbonyl (C=O) groups excluding carboxylic acids is 4. The molecule has 2 saturated heterocycles. The van der Waals surface area contributed by atoms with Gasteiger partial charge in [-0.1, -0.05) is 51.8 Å². The SMILES string of the molecule is Cc1ccc(NC(=O)CN2C(=O)[C@]3(N[C@H](C)[C@H]4C(=O)N(c5ccc(Br)cc5)C(=O)[C@@H]43)c3ccccc32)cc1. The molecular weight excluding hydrogens is 548 g/mol. The quantitative estimate of drug-likeness (QED) is 0.464. The molecule has 0 bridgehead atoms. The summed E-state index contributed by atoms with van der Waals surface area (Å²) in [5.74, 6) is -3.18. The molecule has 0 aromatic heterocycles. The standard InChI is InChI=1S/C29H25BrN4O4/c1-16-7-11-19(12-8-16)31-23(35)15-33-22-6-4-3-5-21(22)29(28(33)38)25-24(17(2)32-29)26(36)34(27(25)37)20-13-9-18(30)10-14-20/h3-14,17,24-25,32H,15H2,1-2H3,(H,31,35)/t17-,24-,25-,29+/m1/s1. The Labute approximate surface area is 228 Å². The number of hydrogen-bond donors (Lipinski definition) is 2. The van der Waals surface area contributed by atoms with Gasteiger partial charge < -0.3 is 10.2 Å². The molecule has 3 aromatic rings. The summed E-state index contributed by atoms with van der Waals surface area (Å²) in [4.78, 5) is 57.4. The Morgan fingerprint density at radius 3 is 2.37 bits per heavy atom. The Balaban J connectivity index is 1.36. The van der Waals surface area contributed by atoms with Gasteiger partial charge in [-0.05, 0) is 56.3 Å². The van der Waals surface area contributed by atoms with Crippen molar-refractivity contribution in [1.29, 1.82) is 0 Å². The van der Waals surface area contributed by atoms with E-state index in [0.29, 0.717) is 22.6 Å². The van der Waals surface area contributed by atoms with Crippen LogP contribution in [0.4, 0.5) is 17.1 Å².